The van der Waals surface area contributed by atoms with E-state index < -0.39 is 0 Å². The Balaban J connectivity index is 1.90. The summed E-state index contributed by atoms with van der Waals surface area (Å²) in [5.41, 5.74) is 1.33. The van der Waals surface area contributed by atoms with Gasteiger partial charge in [0.05, 0.1) is 0 Å². The fourth-order valence-corrected chi connectivity index (χ4v) is 3.30. The van der Waals surface area contributed by atoms with E-state index in [0.29, 0.717) is 0 Å². The Morgan fingerprint density at radius 1 is 1.00 bits per heavy atom. The Morgan fingerprint density at radius 3 is 2.68 bits per heavy atom. The second kappa shape index (κ2) is 5.76. The van der Waals surface area contributed by atoms with Crippen LogP contribution in [0.4, 0.5) is 0 Å². The number of nitrogens with zero attached hydrogens (tertiary/aromatic N) is 1. The molecule has 19 heavy (non-hydrogen) atoms. The average molecular weight is 330 g/mol. The molecule has 0 fully saturated rings. The standard InChI is InChI=1S/C16H12BrNS/c17-14-7-6-13-9-18-10-16(15(13)8-14)19-11-12-4-2-1-3-5-12/h1-10H,11H2. The summed E-state index contributed by atoms with van der Waals surface area (Å²) in [6.45, 7) is 0. The van der Waals surface area contributed by atoms with E-state index in [1.165, 1.54) is 21.2 Å². The van der Waals surface area contributed by atoms with Gasteiger partial charge in [-0.3, -0.25) is 4.98 Å². The van der Waals surface area contributed by atoms with Gasteiger partial charge in [0.25, 0.3) is 0 Å². The molecule has 1 heterocycles. The van der Waals surface area contributed by atoms with Crippen LogP contribution in [0.3, 0.4) is 0 Å². The summed E-state index contributed by atoms with van der Waals surface area (Å²) in [5.74, 6) is 0.966. The molecule has 0 aliphatic heterocycles. The minimum atomic E-state index is 0.966. The number of fused-ring (bicyclic) bond motifs is 1. The van der Waals surface area contributed by atoms with Gasteiger partial charge in [-0.2, -0.15) is 0 Å². The predicted octanol–water partition coefficient (Wildman–Crippen LogP) is 5.29. The molecule has 0 atom stereocenters. The molecule has 0 amide bonds. The second-order valence-electron chi connectivity index (χ2n) is 4.28. The summed E-state index contributed by atoms with van der Waals surface area (Å²) in [6.07, 6.45) is 3.86. The SMILES string of the molecule is Brc1ccc2cncc(SCc3ccccc3)c2c1. The van der Waals surface area contributed by atoms with Gasteiger partial charge in [-0.1, -0.05) is 52.3 Å². The van der Waals surface area contributed by atoms with Crippen molar-refractivity contribution in [1.82, 2.24) is 4.98 Å². The minimum Gasteiger partial charge on any atom is -0.263 e. The molecule has 3 heteroatoms. The number of pyridine rings is 1. The summed E-state index contributed by atoms with van der Waals surface area (Å²) in [6, 6.07) is 16.8. The highest BCUT2D eigenvalue weighted by Gasteiger charge is 2.03. The number of thioether (sulfide) groups is 1. The van der Waals surface area contributed by atoms with E-state index in [1.807, 2.05) is 30.2 Å². The summed E-state index contributed by atoms with van der Waals surface area (Å²) in [7, 11) is 0. The van der Waals surface area contributed by atoms with Crippen LogP contribution in [0.15, 0.2) is 70.3 Å². The number of rotatable bonds is 3. The van der Waals surface area contributed by atoms with Crippen molar-refractivity contribution in [1.29, 1.82) is 0 Å². The third kappa shape index (κ3) is 2.99. The van der Waals surface area contributed by atoms with Crippen molar-refractivity contribution in [3.05, 3.63) is 71.0 Å². The van der Waals surface area contributed by atoms with Crippen molar-refractivity contribution < 1.29 is 0 Å². The zero-order valence-electron chi connectivity index (χ0n) is 10.2. The van der Waals surface area contributed by atoms with Crippen LogP contribution in [0.5, 0.6) is 0 Å². The highest BCUT2D eigenvalue weighted by molar-refractivity contribution is 9.10. The molecule has 0 unspecified atom stereocenters. The summed E-state index contributed by atoms with van der Waals surface area (Å²) in [4.78, 5) is 5.54. The van der Waals surface area contributed by atoms with Crippen LogP contribution in [-0.2, 0) is 5.75 Å². The first-order valence-electron chi connectivity index (χ1n) is 6.03. The maximum absolute atomic E-state index is 4.32. The van der Waals surface area contributed by atoms with Crippen LogP contribution in [0, 0.1) is 0 Å². The molecule has 0 bridgehead atoms. The first-order valence-corrected chi connectivity index (χ1v) is 7.81. The lowest BCUT2D eigenvalue weighted by Crippen LogP contribution is -1.83. The van der Waals surface area contributed by atoms with E-state index >= 15 is 0 Å². The van der Waals surface area contributed by atoms with Gasteiger partial charge in [0.1, 0.15) is 0 Å². The Bertz CT molecular complexity index is 697. The van der Waals surface area contributed by atoms with Crippen LogP contribution in [-0.4, -0.2) is 4.98 Å². The molecular weight excluding hydrogens is 318 g/mol. The Labute approximate surface area is 125 Å². The van der Waals surface area contributed by atoms with Crippen molar-refractivity contribution in [3.8, 4) is 0 Å². The maximum Gasteiger partial charge on any atom is 0.0410 e. The van der Waals surface area contributed by atoms with E-state index in [4.69, 9.17) is 0 Å². The van der Waals surface area contributed by atoms with Gasteiger partial charge < -0.3 is 0 Å². The Hall–Kier alpha value is -1.32. The zero-order valence-corrected chi connectivity index (χ0v) is 12.6. The lowest BCUT2D eigenvalue weighted by atomic mass is 10.2. The van der Waals surface area contributed by atoms with Gasteiger partial charge >= 0.3 is 0 Å². The molecule has 0 saturated heterocycles. The number of aromatic nitrogens is 1. The van der Waals surface area contributed by atoms with Crippen LogP contribution in [0.2, 0.25) is 0 Å². The lowest BCUT2D eigenvalue weighted by molar-refractivity contribution is 1.28. The summed E-state index contributed by atoms with van der Waals surface area (Å²) >= 11 is 5.36. The van der Waals surface area contributed by atoms with Gasteiger partial charge in [-0.25, -0.2) is 0 Å². The highest BCUT2D eigenvalue weighted by Crippen LogP contribution is 2.31. The molecular formula is C16H12BrNS. The molecule has 1 nitrogen and oxygen atoms in total. The van der Waals surface area contributed by atoms with Crippen LogP contribution in [0.1, 0.15) is 5.56 Å². The average Bonchev–Trinajstić information content (AvgIpc) is 2.46. The molecule has 0 aliphatic carbocycles. The fourth-order valence-electron chi connectivity index (χ4n) is 1.96. The van der Waals surface area contributed by atoms with Gasteiger partial charge in [0, 0.05) is 32.9 Å². The number of hydrogen-bond donors (Lipinski definition) is 0. The Morgan fingerprint density at radius 2 is 1.84 bits per heavy atom. The molecule has 94 valence electrons. The number of hydrogen-bond acceptors (Lipinski definition) is 2. The van der Waals surface area contributed by atoms with Crippen molar-refractivity contribution in [2.75, 3.05) is 0 Å². The van der Waals surface area contributed by atoms with E-state index in [-0.39, 0.29) is 0 Å². The first kappa shape index (κ1) is 12.7. The topological polar surface area (TPSA) is 12.9 Å². The fraction of sp³-hybridized carbons (Fsp3) is 0.0625. The molecule has 1 aromatic heterocycles. The van der Waals surface area contributed by atoms with Crippen molar-refractivity contribution >= 4 is 38.5 Å². The van der Waals surface area contributed by atoms with Gasteiger partial charge in [0.15, 0.2) is 0 Å². The molecule has 3 aromatic rings. The first-order chi connectivity index (χ1) is 9.33. The molecule has 0 aliphatic rings. The second-order valence-corrected chi connectivity index (χ2v) is 6.21. The zero-order chi connectivity index (χ0) is 13.1. The van der Waals surface area contributed by atoms with Crippen molar-refractivity contribution in [2.24, 2.45) is 0 Å². The third-order valence-electron chi connectivity index (χ3n) is 2.92. The van der Waals surface area contributed by atoms with Gasteiger partial charge in [-0.15, -0.1) is 11.8 Å². The van der Waals surface area contributed by atoms with Crippen LogP contribution in [0.25, 0.3) is 10.8 Å². The molecule has 0 spiro atoms. The van der Waals surface area contributed by atoms with E-state index in [9.17, 15) is 0 Å². The monoisotopic (exact) mass is 329 g/mol. The predicted molar refractivity (Wildman–Crippen MR) is 85.4 cm³/mol. The van der Waals surface area contributed by atoms with Crippen LogP contribution >= 0.6 is 27.7 Å². The van der Waals surface area contributed by atoms with E-state index in [1.54, 1.807) is 0 Å². The van der Waals surface area contributed by atoms with Crippen molar-refractivity contribution in [2.45, 2.75) is 10.6 Å². The maximum atomic E-state index is 4.32. The molecule has 0 saturated carbocycles. The Kier molecular flexibility index (Phi) is 3.85. The normalized spacial score (nSPS) is 10.8. The number of benzene rings is 2. The lowest BCUT2D eigenvalue weighted by Gasteiger charge is -2.06. The quantitative estimate of drug-likeness (QED) is 0.605. The number of halogens is 1. The third-order valence-corrected chi connectivity index (χ3v) is 4.53. The van der Waals surface area contributed by atoms with E-state index in [2.05, 4.69) is 63.4 Å². The smallest absolute Gasteiger partial charge is 0.0410 e. The molecule has 3 rings (SSSR count). The largest absolute Gasteiger partial charge is 0.263 e. The highest BCUT2D eigenvalue weighted by atomic mass is 79.9. The van der Waals surface area contributed by atoms with Gasteiger partial charge in [-0.05, 0) is 23.1 Å². The minimum absolute atomic E-state index is 0.966. The summed E-state index contributed by atoms with van der Waals surface area (Å²) in [5, 5.41) is 2.44. The van der Waals surface area contributed by atoms with Crippen LogP contribution < -0.4 is 0 Å². The summed E-state index contributed by atoms with van der Waals surface area (Å²) < 4.78 is 1.10. The molecule has 2 aromatic carbocycles. The van der Waals surface area contributed by atoms with E-state index in [0.717, 1.165) is 10.2 Å². The van der Waals surface area contributed by atoms with Gasteiger partial charge in [0.2, 0.25) is 0 Å². The molecule has 0 radical (unpaired) electrons. The van der Waals surface area contributed by atoms with Crippen molar-refractivity contribution in [3.63, 3.8) is 0 Å². The molecule has 0 N–H and O–H groups in total.